The van der Waals surface area contributed by atoms with Crippen molar-refractivity contribution in [3.63, 3.8) is 0 Å². The van der Waals surface area contributed by atoms with Gasteiger partial charge >= 0.3 is 0 Å². The first-order chi connectivity index (χ1) is 5.27. The Kier molecular flexibility index (Phi) is 1.04. The van der Waals surface area contributed by atoms with Gasteiger partial charge in [-0.1, -0.05) is 0 Å². The number of aliphatic hydroxyl groups is 1. The molecule has 4 fully saturated rings. The van der Waals surface area contributed by atoms with Gasteiger partial charge in [-0.3, -0.25) is 4.90 Å². The quantitative estimate of drug-likeness (QED) is 0.516. The van der Waals surface area contributed by atoms with Gasteiger partial charge in [0.15, 0.2) is 0 Å². The Morgan fingerprint density at radius 1 is 1.36 bits per heavy atom. The lowest BCUT2D eigenvalue weighted by Gasteiger charge is -2.33. The van der Waals surface area contributed by atoms with Crippen LogP contribution in [0.2, 0.25) is 0 Å². The smallest absolute Gasteiger partial charge is 0.101 e. The fourth-order valence-electron chi connectivity index (χ4n) is 2.91. The summed E-state index contributed by atoms with van der Waals surface area (Å²) in [5, 5.41) is 9.71. The van der Waals surface area contributed by atoms with E-state index in [0.717, 1.165) is 12.8 Å². The van der Waals surface area contributed by atoms with Crippen molar-refractivity contribution in [2.75, 3.05) is 7.05 Å². The van der Waals surface area contributed by atoms with Gasteiger partial charge in [-0.25, -0.2) is 0 Å². The minimum Gasteiger partial charge on any atom is -0.389 e. The molecule has 0 unspecified atom stereocenters. The Bertz CT molecular complexity index is 175. The molecule has 4 saturated heterocycles. The maximum absolute atomic E-state index is 9.71. The Morgan fingerprint density at radius 2 is 2.09 bits per heavy atom. The third-order valence-electron chi connectivity index (χ3n) is 3.51. The number of nitrogens with zero attached hydrogens (tertiary/aromatic N) is 1. The highest BCUT2D eigenvalue weighted by atomic mass is 16.5. The molecule has 0 spiro atoms. The summed E-state index contributed by atoms with van der Waals surface area (Å²) in [6.45, 7) is 0. The first kappa shape index (κ1) is 6.40. The molecule has 4 bridgehead atoms. The van der Waals surface area contributed by atoms with E-state index in [1.54, 1.807) is 0 Å². The Labute approximate surface area is 65.9 Å². The van der Waals surface area contributed by atoms with E-state index in [1.165, 1.54) is 0 Å². The summed E-state index contributed by atoms with van der Waals surface area (Å²) >= 11 is 0. The second-order valence-electron chi connectivity index (χ2n) is 3.98. The summed E-state index contributed by atoms with van der Waals surface area (Å²) in [4.78, 5) is 2.29. The van der Waals surface area contributed by atoms with Crippen LogP contribution < -0.4 is 0 Å². The van der Waals surface area contributed by atoms with Crippen LogP contribution in [0.15, 0.2) is 0 Å². The van der Waals surface area contributed by atoms with Gasteiger partial charge in [0.05, 0.1) is 12.2 Å². The SMILES string of the molecule is CN1[C@H]2C[C@@H]3C[C@H]1[C@H](O3)[C@H]2O. The molecule has 5 atom stereocenters. The molecule has 4 heterocycles. The molecule has 0 amide bonds. The fourth-order valence-corrected chi connectivity index (χ4v) is 2.91. The van der Waals surface area contributed by atoms with Crippen molar-refractivity contribution in [3.05, 3.63) is 0 Å². The molecule has 0 saturated carbocycles. The lowest BCUT2D eigenvalue weighted by molar-refractivity contribution is -0.0758. The lowest BCUT2D eigenvalue weighted by Crippen LogP contribution is -2.44. The van der Waals surface area contributed by atoms with Crippen molar-refractivity contribution in [2.24, 2.45) is 0 Å². The van der Waals surface area contributed by atoms with Crippen molar-refractivity contribution in [2.45, 2.75) is 43.2 Å². The van der Waals surface area contributed by atoms with Crippen LogP contribution in [-0.4, -0.2) is 47.4 Å². The summed E-state index contributed by atoms with van der Waals surface area (Å²) in [5.74, 6) is 0. The molecule has 3 nitrogen and oxygen atoms in total. The average Bonchev–Trinajstić information content (AvgIpc) is 2.39. The largest absolute Gasteiger partial charge is 0.389 e. The van der Waals surface area contributed by atoms with E-state index < -0.39 is 0 Å². The summed E-state index contributed by atoms with van der Waals surface area (Å²) in [6, 6.07) is 0.895. The number of hydrogen-bond donors (Lipinski definition) is 1. The van der Waals surface area contributed by atoms with E-state index in [2.05, 4.69) is 11.9 Å². The average molecular weight is 155 g/mol. The molecule has 4 aliphatic rings. The van der Waals surface area contributed by atoms with Crippen LogP contribution in [-0.2, 0) is 4.74 Å². The van der Waals surface area contributed by atoms with Crippen molar-refractivity contribution >= 4 is 0 Å². The molecule has 1 N–H and O–H groups in total. The highest BCUT2D eigenvalue weighted by Crippen LogP contribution is 2.44. The fraction of sp³-hybridized carbons (Fsp3) is 1.00. The minimum absolute atomic E-state index is 0.128. The predicted molar refractivity (Wildman–Crippen MR) is 39.2 cm³/mol. The minimum atomic E-state index is -0.219. The van der Waals surface area contributed by atoms with Crippen LogP contribution in [0.4, 0.5) is 0 Å². The molecule has 3 heteroatoms. The molecule has 0 aromatic rings. The van der Waals surface area contributed by atoms with E-state index in [4.69, 9.17) is 4.74 Å². The second-order valence-corrected chi connectivity index (χ2v) is 3.98. The molecule has 62 valence electrons. The normalized spacial score (nSPS) is 61.1. The monoisotopic (exact) mass is 155 g/mol. The topological polar surface area (TPSA) is 32.7 Å². The van der Waals surface area contributed by atoms with Crippen molar-refractivity contribution in [3.8, 4) is 0 Å². The molecule has 4 aliphatic heterocycles. The second kappa shape index (κ2) is 1.79. The van der Waals surface area contributed by atoms with Gasteiger partial charge in [-0.2, -0.15) is 0 Å². The Morgan fingerprint density at radius 3 is 2.73 bits per heavy atom. The molecule has 4 rings (SSSR count). The van der Waals surface area contributed by atoms with Crippen LogP contribution in [0, 0.1) is 0 Å². The van der Waals surface area contributed by atoms with Crippen LogP contribution >= 0.6 is 0 Å². The van der Waals surface area contributed by atoms with Crippen LogP contribution in [0.5, 0.6) is 0 Å². The van der Waals surface area contributed by atoms with Gasteiger partial charge in [0.2, 0.25) is 0 Å². The van der Waals surface area contributed by atoms with Crippen molar-refractivity contribution in [1.29, 1.82) is 0 Å². The molecule has 0 aromatic carbocycles. The summed E-state index contributed by atoms with van der Waals surface area (Å²) in [5.41, 5.74) is 0. The first-order valence-electron chi connectivity index (χ1n) is 4.33. The van der Waals surface area contributed by atoms with Crippen LogP contribution in [0.1, 0.15) is 12.8 Å². The molecular formula is C8H13NO2. The molecule has 0 aromatic heterocycles. The van der Waals surface area contributed by atoms with E-state index in [0.29, 0.717) is 18.2 Å². The van der Waals surface area contributed by atoms with Gasteiger partial charge in [-0.05, 0) is 19.9 Å². The molecule has 0 aliphatic carbocycles. The summed E-state index contributed by atoms with van der Waals surface area (Å²) in [7, 11) is 2.10. The summed E-state index contributed by atoms with van der Waals surface area (Å²) < 4.78 is 5.64. The number of piperidine rings is 1. The molecule has 0 radical (unpaired) electrons. The van der Waals surface area contributed by atoms with E-state index in [1.807, 2.05) is 0 Å². The predicted octanol–water partition coefficient (Wildman–Crippen LogP) is -0.409. The van der Waals surface area contributed by atoms with Gasteiger partial charge in [0.1, 0.15) is 6.10 Å². The lowest BCUT2D eigenvalue weighted by atomic mass is 10.0. The van der Waals surface area contributed by atoms with Crippen LogP contribution in [0.25, 0.3) is 0 Å². The number of likely N-dealkylation sites (N-methyl/N-ethyl adjacent to an activating group) is 1. The number of hydrogen-bond acceptors (Lipinski definition) is 3. The van der Waals surface area contributed by atoms with Gasteiger partial charge in [0, 0.05) is 12.1 Å². The first-order valence-corrected chi connectivity index (χ1v) is 4.33. The molecular weight excluding hydrogens is 142 g/mol. The number of aliphatic hydroxyl groups excluding tert-OH is 1. The highest BCUT2D eigenvalue weighted by molar-refractivity contribution is 5.10. The van der Waals surface area contributed by atoms with Gasteiger partial charge in [-0.15, -0.1) is 0 Å². The van der Waals surface area contributed by atoms with E-state index >= 15 is 0 Å². The van der Waals surface area contributed by atoms with Gasteiger partial charge in [0.25, 0.3) is 0 Å². The van der Waals surface area contributed by atoms with Crippen molar-refractivity contribution in [1.82, 2.24) is 4.90 Å². The standard InChI is InChI=1S/C8H13NO2/c1-9-5-2-4-3-6(9)8(11-4)7(5)10/h4-8,10H,2-3H2,1H3/t4-,5+,6+,7+,8+/m1/s1. The number of rotatable bonds is 0. The van der Waals surface area contributed by atoms with Crippen molar-refractivity contribution < 1.29 is 9.84 Å². The zero-order valence-electron chi connectivity index (χ0n) is 6.60. The highest BCUT2D eigenvalue weighted by Gasteiger charge is 2.57. The Hall–Kier alpha value is -0.120. The maximum atomic E-state index is 9.71. The summed E-state index contributed by atoms with van der Waals surface area (Å²) in [6.07, 6.45) is 2.53. The third kappa shape index (κ3) is 0.604. The zero-order chi connectivity index (χ0) is 7.59. The Balaban J connectivity index is 2.00. The third-order valence-corrected chi connectivity index (χ3v) is 3.51. The van der Waals surface area contributed by atoms with Gasteiger partial charge < -0.3 is 9.84 Å². The van der Waals surface area contributed by atoms with Crippen LogP contribution in [0.3, 0.4) is 0 Å². The van der Waals surface area contributed by atoms with E-state index in [-0.39, 0.29) is 12.2 Å². The van der Waals surface area contributed by atoms with E-state index in [9.17, 15) is 5.11 Å². The number of ether oxygens (including phenoxy) is 1. The molecule has 11 heavy (non-hydrogen) atoms. The maximum Gasteiger partial charge on any atom is 0.101 e. The zero-order valence-corrected chi connectivity index (χ0v) is 6.60.